The van der Waals surface area contributed by atoms with Gasteiger partial charge in [0.1, 0.15) is 0 Å². The van der Waals surface area contributed by atoms with Crippen LogP contribution in [0.4, 0.5) is 5.69 Å². The van der Waals surface area contributed by atoms with Gasteiger partial charge in [-0.25, -0.2) is 0 Å². The minimum absolute atomic E-state index is 0.730. The molecule has 1 saturated carbocycles. The molecule has 120 valence electrons. The van der Waals surface area contributed by atoms with E-state index in [0.29, 0.717) is 0 Å². The van der Waals surface area contributed by atoms with E-state index in [4.69, 9.17) is 0 Å². The molecular weight excluding hydrogens is 280 g/mol. The molecule has 0 aromatic heterocycles. The minimum Gasteiger partial charge on any atom is -0.371 e. The fraction of sp³-hybridized carbons (Fsp3) is 0.429. The molecule has 2 aromatic rings. The van der Waals surface area contributed by atoms with Crippen molar-refractivity contribution in [1.29, 1.82) is 0 Å². The Bertz CT molecular complexity index is 625. The lowest BCUT2D eigenvalue weighted by Gasteiger charge is -2.38. The number of hydrogen-bond acceptors (Lipinski definition) is 2. The largest absolute Gasteiger partial charge is 0.371 e. The molecule has 2 heteroatoms. The molecule has 1 aliphatic heterocycles. The van der Waals surface area contributed by atoms with E-state index >= 15 is 0 Å². The van der Waals surface area contributed by atoms with Crippen LogP contribution >= 0.6 is 0 Å². The van der Waals surface area contributed by atoms with Crippen LogP contribution in [0.25, 0.3) is 11.1 Å². The van der Waals surface area contributed by atoms with Crippen LogP contribution < -0.4 is 10.2 Å². The van der Waals surface area contributed by atoms with Gasteiger partial charge in [0.25, 0.3) is 0 Å². The number of anilines is 1. The number of benzene rings is 2. The Labute approximate surface area is 139 Å². The average Bonchev–Trinajstić information content (AvgIpc) is 2.60. The first-order valence-electron chi connectivity index (χ1n) is 9.05. The molecular formula is C21H26N2. The number of nitrogens with one attached hydrogen (secondary N) is 1. The first-order chi connectivity index (χ1) is 11.4. The summed E-state index contributed by atoms with van der Waals surface area (Å²) in [5.74, 6) is 0. The van der Waals surface area contributed by atoms with Gasteiger partial charge in [-0.15, -0.1) is 0 Å². The highest BCUT2D eigenvalue weighted by molar-refractivity contribution is 5.68. The van der Waals surface area contributed by atoms with Gasteiger partial charge < -0.3 is 10.2 Å². The summed E-state index contributed by atoms with van der Waals surface area (Å²) in [6, 6.07) is 21.2. The monoisotopic (exact) mass is 306 g/mol. The summed E-state index contributed by atoms with van der Waals surface area (Å²) >= 11 is 0. The van der Waals surface area contributed by atoms with Crippen LogP contribution in [0.3, 0.4) is 0 Å². The van der Waals surface area contributed by atoms with Crippen molar-refractivity contribution < 1.29 is 0 Å². The SMILES string of the molecule is c1ccc(-c2cccc(N3CCC(NC4CCC4)CC3)c2)cc1. The van der Waals surface area contributed by atoms with Gasteiger partial charge >= 0.3 is 0 Å². The van der Waals surface area contributed by atoms with Crippen molar-refractivity contribution >= 4 is 5.69 Å². The molecule has 0 atom stereocenters. The maximum Gasteiger partial charge on any atom is 0.0372 e. The van der Waals surface area contributed by atoms with Crippen LogP contribution in [0, 0.1) is 0 Å². The van der Waals surface area contributed by atoms with Crippen LogP contribution in [-0.4, -0.2) is 25.2 Å². The van der Waals surface area contributed by atoms with Gasteiger partial charge in [0, 0.05) is 30.9 Å². The Morgan fingerprint density at radius 1 is 0.739 bits per heavy atom. The molecule has 2 nitrogen and oxygen atoms in total. The van der Waals surface area contributed by atoms with Crippen LogP contribution in [0.15, 0.2) is 54.6 Å². The van der Waals surface area contributed by atoms with Gasteiger partial charge in [0.05, 0.1) is 0 Å². The molecule has 1 heterocycles. The Morgan fingerprint density at radius 3 is 2.13 bits per heavy atom. The zero-order valence-electron chi connectivity index (χ0n) is 13.7. The topological polar surface area (TPSA) is 15.3 Å². The average molecular weight is 306 g/mol. The third kappa shape index (κ3) is 3.42. The van der Waals surface area contributed by atoms with E-state index in [0.717, 1.165) is 12.1 Å². The van der Waals surface area contributed by atoms with Crippen LogP contribution in [-0.2, 0) is 0 Å². The summed E-state index contributed by atoms with van der Waals surface area (Å²) in [7, 11) is 0. The van der Waals surface area contributed by atoms with Crippen molar-refractivity contribution in [2.45, 2.75) is 44.2 Å². The molecule has 4 rings (SSSR count). The Kier molecular flexibility index (Phi) is 4.34. The van der Waals surface area contributed by atoms with Crippen molar-refractivity contribution in [3.8, 4) is 11.1 Å². The molecule has 2 aromatic carbocycles. The summed E-state index contributed by atoms with van der Waals surface area (Å²) < 4.78 is 0. The second-order valence-electron chi connectivity index (χ2n) is 6.97. The van der Waals surface area contributed by atoms with E-state index in [1.165, 1.54) is 62.0 Å². The lowest BCUT2D eigenvalue weighted by molar-refractivity contribution is 0.280. The predicted molar refractivity (Wildman–Crippen MR) is 97.9 cm³/mol. The molecule has 2 aliphatic rings. The van der Waals surface area contributed by atoms with Gasteiger partial charge in [-0.2, -0.15) is 0 Å². The molecule has 0 spiro atoms. The highest BCUT2D eigenvalue weighted by Gasteiger charge is 2.24. The van der Waals surface area contributed by atoms with Crippen molar-refractivity contribution in [2.75, 3.05) is 18.0 Å². The molecule has 0 amide bonds. The normalized spacial score (nSPS) is 19.6. The minimum atomic E-state index is 0.730. The van der Waals surface area contributed by atoms with Crippen molar-refractivity contribution in [3.05, 3.63) is 54.6 Å². The van der Waals surface area contributed by atoms with E-state index in [2.05, 4.69) is 64.8 Å². The van der Waals surface area contributed by atoms with Crippen LogP contribution in [0.2, 0.25) is 0 Å². The van der Waals surface area contributed by atoms with E-state index in [1.54, 1.807) is 0 Å². The molecule has 1 aliphatic carbocycles. The van der Waals surface area contributed by atoms with Gasteiger partial charge in [-0.05, 0) is 48.9 Å². The zero-order chi connectivity index (χ0) is 15.5. The standard InChI is InChI=1S/C21H26N2/c1-2-6-17(7-3-1)18-8-4-11-21(16-18)23-14-12-20(13-15-23)22-19-9-5-10-19/h1-4,6-8,11,16,19-20,22H,5,9-10,12-15H2. The Morgan fingerprint density at radius 2 is 1.43 bits per heavy atom. The molecule has 2 fully saturated rings. The molecule has 1 saturated heterocycles. The van der Waals surface area contributed by atoms with Crippen molar-refractivity contribution in [2.24, 2.45) is 0 Å². The zero-order valence-corrected chi connectivity index (χ0v) is 13.7. The Hall–Kier alpha value is -1.80. The highest BCUT2D eigenvalue weighted by atomic mass is 15.1. The van der Waals surface area contributed by atoms with E-state index in [9.17, 15) is 0 Å². The molecule has 0 bridgehead atoms. The number of hydrogen-bond donors (Lipinski definition) is 1. The third-order valence-electron chi connectivity index (χ3n) is 5.39. The quantitative estimate of drug-likeness (QED) is 0.897. The van der Waals surface area contributed by atoms with E-state index in [-0.39, 0.29) is 0 Å². The summed E-state index contributed by atoms with van der Waals surface area (Å²) in [6.45, 7) is 2.34. The maximum atomic E-state index is 3.84. The van der Waals surface area contributed by atoms with Gasteiger partial charge in [0.2, 0.25) is 0 Å². The number of piperidine rings is 1. The van der Waals surface area contributed by atoms with Crippen molar-refractivity contribution in [1.82, 2.24) is 5.32 Å². The number of nitrogens with zero attached hydrogens (tertiary/aromatic N) is 1. The fourth-order valence-corrected chi connectivity index (χ4v) is 3.73. The first kappa shape index (κ1) is 14.8. The van der Waals surface area contributed by atoms with Crippen LogP contribution in [0.1, 0.15) is 32.1 Å². The predicted octanol–water partition coefficient (Wildman–Crippen LogP) is 4.46. The van der Waals surface area contributed by atoms with Crippen LogP contribution in [0.5, 0.6) is 0 Å². The third-order valence-corrected chi connectivity index (χ3v) is 5.39. The summed E-state index contributed by atoms with van der Waals surface area (Å²) in [4.78, 5) is 2.55. The smallest absolute Gasteiger partial charge is 0.0372 e. The fourth-order valence-electron chi connectivity index (χ4n) is 3.73. The number of rotatable bonds is 4. The van der Waals surface area contributed by atoms with E-state index in [1.807, 2.05) is 0 Å². The molecule has 0 unspecified atom stereocenters. The lowest BCUT2D eigenvalue weighted by atomic mass is 9.91. The lowest BCUT2D eigenvalue weighted by Crippen LogP contribution is -2.48. The van der Waals surface area contributed by atoms with Gasteiger partial charge in [-0.3, -0.25) is 0 Å². The second kappa shape index (κ2) is 6.76. The van der Waals surface area contributed by atoms with Gasteiger partial charge in [-0.1, -0.05) is 48.9 Å². The summed E-state index contributed by atoms with van der Waals surface area (Å²) in [5.41, 5.74) is 3.99. The van der Waals surface area contributed by atoms with Gasteiger partial charge in [0.15, 0.2) is 0 Å². The Balaban J connectivity index is 1.41. The maximum absolute atomic E-state index is 3.84. The first-order valence-corrected chi connectivity index (χ1v) is 9.05. The second-order valence-corrected chi connectivity index (χ2v) is 6.97. The highest BCUT2D eigenvalue weighted by Crippen LogP contribution is 2.27. The summed E-state index contributed by atoms with van der Waals surface area (Å²) in [5, 5.41) is 3.84. The molecule has 23 heavy (non-hydrogen) atoms. The summed E-state index contributed by atoms with van der Waals surface area (Å²) in [6.07, 6.45) is 6.74. The van der Waals surface area contributed by atoms with Crippen molar-refractivity contribution in [3.63, 3.8) is 0 Å². The molecule has 0 radical (unpaired) electrons. The van der Waals surface area contributed by atoms with E-state index < -0.39 is 0 Å². The molecule has 1 N–H and O–H groups in total.